The van der Waals surface area contributed by atoms with Crippen molar-refractivity contribution >= 4 is 17.2 Å². The second kappa shape index (κ2) is 4.62. The molecule has 2 nitrogen and oxygen atoms in total. The summed E-state index contributed by atoms with van der Waals surface area (Å²) in [6, 6.07) is 7.33. The van der Waals surface area contributed by atoms with Crippen LogP contribution in [0.2, 0.25) is 0 Å². The van der Waals surface area contributed by atoms with E-state index in [0.717, 1.165) is 11.3 Å². The van der Waals surface area contributed by atoms with Crippen molar-refractivity contribution in [3.63, 3.8) is 0 Å². The van der Waals surface area contributed by atoms with Crippen LogP contribution >= 0.6 is 12.2 Å². The van der Waals surface area contributed by atoms with E-state index in [4.69, 9.17) is 22.7 Å². The van der Waals surface area contributed by atoms with E-state index in [-0.39, 0.29) is 0 Å². The Kier molecular flexibility index (Phi) is 3.46. The van der Waals surface area contributed by atoms with Crippen LogP contribution in [0.15, 0.2) is 36.9 Å². The maximum Gasteiger partial charge on any atom is 0.119 e. The molecule has 13 heavy (non-hydrogen) atoms. The van der Waals surface area contributed by atoms with E-state index < -0.39 is 0 Å². The largest absolute Gasteiger partial charge is 0.490 e. The molecule has 1 aromatic rings. The number of hydrogen-bond acceptors (Lipinski definition) is 2. The molecule has 0 aliphatic carbocycles. The average molecular weight is 193 g/mol. The Bertz CT molecular complexity index is 305. The van der Waals surface area contributed by atoms with Crippen LogP contribution in [0.1, 0.15) is 5.56 Å². The summed E-state index contributed by atoms with van der Waals surface area (Å²) in [5.41, 5.74) is 6.29. The minimum absolute atomic E-state index is 0.398. The van der Waals surface area contributed by atoms with Crippen LogP contribution in [0.25, 0.3) is 0 Å². The monoisotopic (exact) mass is 193 g/mol. The smallest absolute Gasteiger partial charge is 0.119 e. The molecule has 0 saturated carbocycles. The van der Waals surface area contributed by atoms with Gasteiger partial charge in [-0.3, -0.25) is 0 Å². The molecule has 0 atom stereocenters. The fraction of sp³-hybridized carbons (Fsp3) is 0.100. The lowest BCUT2D eigenvalue weighted by molar-refractivity contribution is 0.363. The molecule has 2 N–H and O–H groups in total. The van der Waals surface area contributed by atoms with Gasteiger partial charge in [-0.1, -0.05) is 24.9 Å². The normalized spacial score (nSPS) is 9.23. The Morgan fingerprint density at radius 2 is 2.08 bits per heavy atom. The summed E-state index contributed by atoms with van der Waals surface area (Å²) in [6.07, 6.45) is 1.70. The van der Waals surface area contributed by atoms with Gasteiger partial charge in [0.15, 0.2) is 0 Å². The van der Waals surface area contributed by atoms with E-state index in [9.17, 15) is 0 Å². The zero-order valence-electron chi connectivity index (χ0n) is 7.19. The van der Waals surface area contributed by atoms with Gasteiger partial charge >= 0.3 is 0 Å². The summed E-state index contributed by atoms with van der Waals surface area (Å²) in [4.78, 5) is 0.398. The molecular formula is C10H11NOS. The van der Waals surface area contributed by atoms with Gasteiger partial charge in [0.25, 0.3) is 0 Å². The first-order valence-corrected chi connectivity index (χ1v) is 4.28. The number of thiocarbonyl (C=S) groups is 1. The van der Waals surface area contributed by atoms with Gasteiger partial charge in [-0.25, -0.2) is 0 Å². The maximum absolute atomic E-state index is 5.44. The molecule has 3 heteroatoms. The van der Waals surface area contributed by atoms with Gasteiger partial charge in [-0.2, -0.15) is 0 Å². The van der Waals surface area contributed by atoms with Crippen molar-refractivity contribution in [1.82, 2.24) is 0 Å². The van der Waals surface area contributed by atoms with Crippen LogP contribution in [0.4, 0.5) is 0 Å². The van der Waals surface area contributed by atoms with Crippen LogP contribution in [-0.2, 0) is 0 Å². The Balaban J connectivity index is 2.69. The second-order valence-corrected chi connectivity index (χ2v) is 2.93. The summed E-state index contributed by atoms with van der Waals surface area (Å²) in [5.74, 6) is 0.792. The molecule has 0 spiro atoms. The lowest BCUT2D eigenvalue weighted by Crippen LogP contribution is -2.08. The van der Waals surface area contributed by atoms with E-state index in [0.29, 0.717) is 11.6 Å². The molecule has 0 bridgehead atoms. The minimum Gasteiger partial charge on any atom is -0.490 e. The standard InChI is InChI=1S/C10H11NOS/c1-2-7-12-9-5-3-8(4-6-9)10(11)13/h2-6H,1,7H2,(H2,11,13). The summed E-state index contributed by atoms with van der Waals surface area (Å²) in [6.45, 7) is 4.06. The summed E-state index contributed by atoms with van der Waals surface area (Å²) >= 11 is 4.81. The molecule has 1 rings (SSSR count). The van der Waals surface area contributed by atoms with Gasteiger partial charge in [-0.05, 0) is 24.3 Å². The zero-order valence-corrected chi connectivity index (χ0v) is 8.01. The molecule has 0 fully saturated rings. The highest BCUT2D eigenvalue weighted by Crippen LogP contribution is 2.11. The first-order valence-electron chi connectivity index (χ1n) is 3.87. The van der Waals surface area contributed by atoms with E-state index >= 15 is 0 Å². The molecule has 1 aromatic carbocycles. The fourth-order valence-corrected chi connectivity index (χ4v) is 1.01. The second-order valence-electron chi connectivity index (χ2n) is 2.49. The molecule has 0 amide bonds. The molecule has 0 aromatic heterocycles. The first-order chi connectivity index (χ1) is 6.24. The van der Waals surface area contributed by atoms with Crippen molar-refractivity contribution in [2.45, 2.75) is 0 Å². The molecule has 0 aliphatic heterocycles. The highest BCUT2D eigenvalue weighted by molar-refractivity contribution is 7.80. The average Bonchev–Trinajstić information content (AvgIpc) is 2.15. The van der Waals surface area contributed by atoms with Crippen molar-refractivity contribution in [3.05, 3.63) is 42.5 Å². The number of rotatable bonds is 4. The van der Waals surface area contributed by atoms with Crippen molar-refractivity contribution < 1.29 is 4.74 Å². The Morgan fingerprint density at radius 1 is 1.46 bits per heavy atom. The number of ether oxygens (including phenoxy) is 1. The molecule has 0 radical (unpaired) electrons. The van der Waals surface area contributed by atoms with Crippen molar-refractivity contribution in [3.8, 4) is 5.75 Å². The van der Waals surface area contributed by atoms with Gasteiger partial charge in [0, 0.05) is 5.56 Å². The van der Waals surface area contributed by atoms with Crippen LogP contribution in [0.3, 0.4) is 0 Å². The molecular weight excluding hydrogens is 182 g/mol. The lowest BCUT2D eigenvalue weighted by atomic mass is 10.2. The van der Waals surface area contributed by atoms with Crippen molar-refractivity contribution in [2.24, 2.45) is 5.73 Å². The Morgan fingerprint density at radius 3 is 2.54 bits per heavy atom. The van der Waals surface area contributed by atoms with E-state index in [2.05, 4.69) is 6.58 Å². The maximum atomic E-state index is 5.44. The van der Waals surface area contributed by atoms with Crippen LogP contribution in [0, 0.1) is 0 Å². The lowest BCUT2D eigenvalue weighted by Gasteiger charge is -2.03. The van der Waals surface area contributed by atoms with Gasteiger partial charge in [0.05, 0.1) is 0 Å². The van der Waals surface area contributed by atoms with E-state index in [1.807, 2.05) is 24.3 Å². The minimum atomic E-state index is 0.398. The summed E-state index contributed by atoms with van der Waals surface area (Å²) < 4.78 is 5.29. The third-order valence-corrected chi connectivity index (χ3v) is 1.74. The third-order valence-electron chi connectivity index (χ3n) is 1.51. The fourth-order valence-electron chi connectivity index (χ4n) is 0.871. The molecule has 0 aliphatic rings. The molecule has 0 saturated heterocycles. The predicted molar refractivity (Wildman–Crippen MR) is 58.0 cm³/mol. The van der Waals surface area contributed by atoms with Crippen LogP contribution < -0.4 is 10.5 Å². The predicted octanol–water partition coefficient (Wildman–Crippen LogP) is 1.89. The Labute approximate surface area is 83.0 Å². The SMILES string of the molecule is C=CCOc1ccc(C(N)=S)cc1. The quantitative estimate of drug-likeness (QED) is 0.586. The summed E-state index contributed by atoms with van der Waals surface area (Å²) in [5, 5.41) is 0. The number of hydrogen-bond donors (Lipinski definition) is 1. The molecule has 0 unspecified atom stereocenters. The summed E-state index contributed by atoms with van der Waals surface area (Å²) in [7, 11) is 0. The molecule has 0 heterocycles. The van der Waals surface area contributed by atoms with Gasteiger partial charge in [-0.15, -0.1) is 0 Å². The van der Waals surface area contributed by atoms with Gasteiger partial charge in [0.1, 0.15) is 17.3 Å². The van der Waals surface area contributed by atoms with Crippen LogP contribution in [-0.4, -0.2) is 11.6 Å². The van der Waals surface area contributed by atoms with Gasteiger partial charge < -0.3 is 10.5 Å². The first kappa shape index (κ1) is 9.74. The van der Waals surface area contributed by atoms with Crippen molar-refractivity contribution in [2.75, 3.05) is 6.61 Å². The molecule has 68 valence electrons. The number of nitrogens with two attached hydrogens (primary N) is 1. The zero-order chi connectivity index (χ0) is 9.68. The number of benzene rings is 1. The third kappa shape index (κ3) is 2.87. The van der Waals surface area contributed by atoms with Crippen LogP contribution in [0.5, 0.6) is 5.75 Å². The van der Waals surface area contributed by atoms with E-state index in [1.165, 1.54) is 0 Å². The highest BCUT2D eigenvalue weighted by Gasteiger charge is 1.95. The highest BCUT2D eigenvalue weighted by atomic mass is 32.1. The Hall–Kier alpha value is -1.35. The van der Waals surface area contributed by atoms with E-state index in [1.54, 1.807) is 6.08 Å². The topological polar surface area (TPSA) is 35.2 Å². The van der Waals surface area contributed by atoms with Gasteiger partial charge in [0.2, 0.25) is 0 Å². The van der Waals surface area contributed by atoms with Crippen molar-refractivity contribution in [1.29, 1.82) is 0 Å².